The highest BCUT2D eigenvalue weighted by Gasteiger charge is 2.28. The lowest BCUT2D eigenvalue weighted by atomic mass is 9.95. The van der Waals surface area contributed by atoms with Gasteiger partial charge in [0.05, 0.1) is 0 Å². The van der Waals surface area contributed by atoms with Crippen molar-refractivity contribution in [3.8, 4) is 0 Å². The van der Waals surface area contributed by atoms with Crippen LogP contribution < -0.4 is 5.73 Å². The summed E-state index contributed by atoms with van der Waals surface area (Å²) in [6.07, 6.45) is 1.89. The SMILES string of the molecule is CCc1cc(C(=O)N2CCC(C(C)C)C2)cc(N)n1. The number of likely N-dealkylation sites (tertiary alicyclic amines) is 1. The van der Waals surface area contributed by atoms with E-state index in [1.54, 1.807) is 6.07 Å². The Morgan fingerprint density at radius 2 is 2.26 bits per heavy atom. The fourth-order valence-corrected chi connectivity index (χ4v) is 2.61. The molecule has 0 aromatic carbocycles. The van der Waals surface area contributed by atoms with Crippen molar-refractivity contribution < 1.29 is 4.79 Å². The van der Waals surface area contributed by atoms with Crippen molar-refractivity contribution in [2.75, 3.05) is 18.8 Å². The Morgan fingerprint density at radius 1 is 1.53 bits per heavy atom. The summed E-state index contributed by atoms with van der Waals surface area (Å²) in [6.45, 7) is 8.17. The molecule has 0 aliphatic carbocycles. The van der Waals surface area contributed by atoms with Gasteiger partial charge in [-0.3, -0.25) is 4.79 Å². The van der Waals surface area contributed by atoms with Gasteiger partial charge in [0.2, 0.25) is 0 Å². The van der Waals surface area contributed by atoms with Gasteiger partial charge in [-0.2, -0.15) is 0 Å². The zero-order valence-corrected chi connectivity index (χ0v) is 12.0. The first-order chi connectivity index (χ1) is 9.01. The number of hydrogen-bond acceptors (Lipinski definition) is 3. The van der Waals surface area contributed by atoms with Crippen molar-refractivity contribution in [1.82, 2.24) is 9.88 Å². The van der Waals surface area contributed by atoms with E-state index in [-0.39, 0.29) is 5.91 Å². The van der Waals surface area contributed by atoms with Gasteiger partial charge in [0.15, 0.2) is 0 Å². The number of carbonyl (C=O) groups excluding carboxylic acids is 1. The molecule has 4 heteroatoms. The number of aromatic nitrogens is 1. The highest BCUT2D eigenvalue weighted by atomic mass is 16.2. The van der Waals surface area contributed by atoms with Gasteiger partial charge in [-0.25, -0.2) is 4.98 Å². The summed E-state index contributed by atoms with van der Waals surface area (Å²) in [5.74, 6) is 1.77. The third-order valence-corrected chi connectivity index (χ3v) is 3.96. The Morgan fingerprint density at radius 3 is 2.84 bits per heavy atom. The molecule has 104 valence electrons. The maximum absolute atomic E-state index is 12.5. The molecule has 0 bridgehead atoms. The molecule has 1 aromatic heterocycles. The third-order valence-electron chi connectivity index (χ3n) is 3.96. The minimum Gasteiger partial charge on any atom is -0.384 e. The average Bonchev–Trinajstić information content (AvgIpc) is 2.86. The molecule has 0 radical (unpaired) electrons. The van der Waals surface area contributed by atoms with E-state index in [0.717, 1.165) is 31.6 Å². The van der Waals surface area contributed by atoms with Crippen LogP contribution in [0.4, 0.5) is 5.82 Å². The highest BCUT2D eigenvalue weighted by Crippen LogP contribution is 2.25. The van der Waals surface area contributed by atoms with Crippen LogP contribution in [0.1, 0.15) is 43.2 Å². The molecule has 4 nitrogen and oxygen atoms in total. The van der Waals surface area contributed by atoms with E-state index in [1.807, 2.05) is 17.9 Å². The van der Waals surface area contributed by atoms with Crippen molar-refractivity contribution in [1.29, 1.82) is 0 Å². The molecule has 1 aliphatic heterocycles. The summed E-state index contributed by atoms with van der Waals surface area (Å²) in [5.41, 5.74) is 7.32. The quantitative estimate of drug-likeness (QED) is 0.908. The first-order valence-corrected chi connectivity index (χ1v) is 7.07. The van der Waals surface area contributed by atoms with Gasteiger partial charge in [-0.1, -0.05) is 20.8 Å². The first kappa shape index (κ1) is 13.8. The summed E-state index contributed by atoms with van der Waals surface area (Å²) >= 11 is 0. The van der Waals surface area contributed by atoms with Gasteiger partial charge in [-0.15, -0.1) is 0 Å². The minimum absolute atomic E-state index is 0.0898. The lowest BCUT2D eigenvalue weighted by molar-refractivity contribution is 0.0784. The van der Waals surface area contributed by atoms with Crippen molar-refractivity contribution in [3.05, 3.63) is 23.4 Å². The fraction of sp³-hybridized carbons (Fsp3) is 0.600. The molecule has 1 aromatic rings. The van der Waals surface area contributed by atoms with E-state index in [0.29, 0.717) is 23.2 Å². The standard InChI is InChI=1S/C15H23N3O/c1-4-13-7-12(8-14(16)17-13)15(19)18-6-5-11(9-18)10(2)3/h7-8,10-11H,4-6,9H2,1-3H3,(H2,16,17). The second kappa shape index (κ2) is 5.59. The van der Waals surface area contributed by atoms with Crippen LogP contribution >= 0.6 is 0 Å². The summed E-state index contributed by atoms with van der Waals surface area (Å²) < 4.78 is 0. The van der Waals surface area contributed by atoms with E-state index < -0.39 is 0 Å². The molecule has 0 saturated carbocycles. The normalized spacial score (nSPS) is 19.2. The summed E-state index contributed by atoms with van der Waals surface area (Å²) in [4.78, 5) is 18.6. The second-order valence-electron chi connectivity index (χ2n) is 5.67. The van der Waals surface area contributed by atoms with Gasteiger partial charge in [0, 0.05) is 24.3 Å². The molecule has 0 spiro atoms. The number of rotatable bonds is 3. The van der Waals surface area contributed by atoms with Gasteiger partial charge >= 0.3 is 0 Å². The maximum Gasteiger partial charge on any atom is 0.254 e. The van der Waals surface area contributed by atoms with E-state index in [9.17, 15) is 4.79 Å². The van der Waals surface area contributed by atoms with E-state index in [2.05, 4.69) is 18.8 Å². The van der Waals surface area contributed by atoms with Crippen LogP contribution in [-0.2, 0) is 6.42 Å². The number of nitrogens with two attached hydrogens (primary N) is 1. The smallest absolute Gasteiger partial charge is 0.254 e. The minimum atomic E-state index is 0.0898. The molecule has 2 rings (SSSR count). The molecular weight excluding hydrogens is 238 g/mol. The van der Waals surface area contributed by atoms with Crippen LogP contribution in [0.25, 0.3) is 0 Å². The van der Waals surface area contributed by atoms with Crippen LogP contribution in [0.3, 0.4) is 0 Å². The van der Waals surface area contributed by atoms with E-state index >= 15 is 0 Å². The molecule has 1 saturated heterocycles. The number of hydrogen-bond donors (Lipinski definition) is 1. The molecule has 2 N–H and O–H groups in total. The molecular formula is C15H23N3O. The molecule has 1 amide bonds. The Bertz CT molecular complexity index is 470. The number of amides is 1. The van der Waals surface area contributed by atoms with Gasteiger partial charge < -0.3 is 10.6 Å². The van der Waals surface area contributed by atoms with Gasteiger partial charge in [-0.05, 0) is 36.8 Å². The van der Waals surface area contributed by atoms with Crippen LogP contribution in [0, 0.1) is 11.8 Å². The molecule has 1 fully saturated rings. The zero-order valence-electron chi connectivity index (χ0n) is 12.0. The second-order valence-corrected chi connectivity index (χ2v) is 5.67. The highest BCUT2D eigenvalue weighted by molar-refractivity contribution is 5.95. The largest absolute Gasteiger partial charge is 0.384 e. The summed E-state index contributed by atoms with van der Waals surface area (Å²) in [7, 11) is 0. The first-order valence-electron chi connectivity index (χ1n) is 7.07. The van der Waals surface area contributed by atoms with Crippen molar-refractivity contribution in [2.45, 2.75) is 33.6 Å². The average molecular weight is 261 g/mol. The lowest BCUT2D eigenvalue weighted by Crippen LogP contribution is -2.29. The van der Waals surface area contributed by atoms with Gasteiger partial charge in [0.1, 0.15) is 5.82 Å². The number of anilines is 1. The Kier molecular flexibility index (Phi) is 4.08. The topological polar surface area (TPSA) is 59.2 Å². The summed E-state index contributed by atoms with van der Waals surface area (Å²) in [6, 6.07) is 3.55. The van der Waals surface area contributed by atoms with Crippen LogP contribution in [-0.4, -0.2) is 28.9 Å². The van der Waals surface area contributed by atoms with Crippen LogP contribution in [0.2, 0.25) is 0 Å². The Hall–Kier alpha value is -1.58. The fourth-order valence-electron chi connectivity index (χ4n) is 2.61. The van der Waals surface area contributed by atoms with E-state index in [4.69, 9.17) is 5.73 Å². The monoisotopic (exact) mass is 261 g/mol. The number of pyridine rings is 1. The number of nitrogens with zero attached hydrogens (tertiary/aromatic N) is 2. The predicted molar refractivity (Wildman–Crippen MR) is 76.9 cm³/mol. The van der Waals surface area contributed by atoms with Crippen LogP contribution in [0.15, 0.2) is 12.1 Å². The molecule has 1 unspecified atom stereocenters. The van der Waals surface area contributed by atoms with Crippen molar-refractivity contribution >= 4 is 11.7 Å². The van der Waals surface area contributed by atoms with E-state index in [1.165, 1.54) is 0 Å². The number of carbonyl (C=O) groups is 1. The molecule has 1 aliphatic rings. The van der Waals surface area contributed by atoms with Crippen molar-refractivity contribution in [3.63, 3.8) is 0 Å². The Balaban J connectivity index is 2.14. The predicted octanol–water partition coefficient (Wildman–Crippen LogP) is 2.34. The number of nitrogen functional groups attached to an aromatic ring is 1. The molecule has 19 heavy (non-hydrogen) atoms. The third kappa shape index (κ3) is 3.06. The lowest BCUT2D eigenvalue weighted by Gasteiger charge is -2.18. The van der Waals surface area contributed by atoms with Gasteiger partial charge in [0.25, 0.3) is 5.91 Å². The maximum atomic E-state index is 12.5. The summed E-state index contributed by atoms with van der Waals surface area (Å²) in [5, 5.41) is 0. The number of aryl methyl sites for hydroxylation is 1. The van der Waals surface area contributed by atoms with Crippen LogP contribution in [0.5, 0.6) is 0 Å². The molecule has 1 atom stereocenters. The molecule has 2 heterocycles. The van der Waals surface area contributed by atoms with Crippen molar-refractivity contribution in [2.24, 2.45) is 11.8 Å². The Labute approximate surface area is 115 Å². The zero-order chi connectivity index (χ0) is 14.0.